The van der Waals surface area contributed by atoms with Crippen LogP contribution in [0.3, 0.4) is 0 Å². The summed E-state index contributed by atoms with van der Waals surface area (Å²) in [4.78, 5) is 49.4. The summed E-state index contributed by atoms with van der Waals surface area (Å²) in [6.07, 6.45) is -2.05. The Morgan fingerprint density at radius 1 is 0.838 bits per heavy atom. The molecule has 1 heterocycles. The summed E-state index contributed by atoms with van der Waals surface area (Å²) < 4.78 is 0. The monoisotopic (exact) mass is 524 g/mol. The lowest BCUT2D eigenvalue weighted by Crippen LogP contribution is -2.54. The summed E-state index contributed by atoms with van der Waals surface area (Å²) in [5.74, 6) is -3.06. The number of rotatable bonds is 12. The summed E-state index contributed by atoms with van der Waals surface area (Å²) in [5, 5.41) is 26.2. The molecule has 194 valence electrons. The van der Waals surface area contributed by atoms with Crippen LogP contribution >= 0.6 is 11.3 Å². The number of primary amides is 2. The number of phenols is 1. The fourth-order valence-corrected chi connectivity index (χ4v) is 4.37. The molecule has 0 unspecified atom stereocenters. The Hall–Kier alpha value is -4.22. The van der Waals surface area contributed by atoms with Gasteiger partial charge in [0.15, 0.2) is 0 Å². The highest BCUT2D eigenvalue weighted by molar-refractivity contribution is 7.09. The first-order valence-electron chi connectivity index (χ1n) is 11.4. The van der Waals surface area contributed by atoms with E-state index in [2.05, 4.69) is 10.6 Å². The number of carbonyl (C=O) groups is 4. The lowest BCUT2D eigenvalue weighted by Gasteiger charge is -2.22. The van der Waals surface area contributed by atoms with Crippen molar-refractivity contribution in [2.24, 2.45) is 11.5 Å². The van der Waals surface area contributed by atoms with Gasteiger partial charge in [0, 0.05) is 17.7 Å². The summed E-state index contributed by atoms with van der Waals surface area (Å²) in [6, 6.07) is 15.5. The van der Waals surface area contributed by atoms with Crippen LogP contribution in [0.25, 0.3) is 11.1 Å². The highest BCUT2D eigenvalue weighted by atomic mass is 32.1. The Morgan fingerprint density at radius 3 is 2.16 bits per heavy atom. The first kappa shape index (κ1) is 27.4. The van der Waals surface area contributed by atoms with E-state index in [4.69, 9.17) is 11.5 Å². The second kappa shape index (κ2) is 12.7. The average Bonchev–Trinajstić information content (AvgIpc) is 3.36. The van der Waals surface area contributed by atoms with Crippen molar-refractivity contribution in [3.63, 3.8) is 0 Å². The Labute approximate surface area is 217 Å². The van der Waals surface area contributed by atoms with E-state index in [9.17, 15) is 29.4 Å². The minimum absolute atomic E-state index is 0.113. The predicted octanol–water partition coefficient (Wildman–Crippen LogP) is 0.597. The van der Waals surface area contributed by atoms with Crippen LogP contribution in [-0.4, -0.2) is 52.0 Å². The first-order chi connectivity index (χ1) is 17.6. The predicted molar refractivity (Wildman–Crippen MR) is 138 cm³/mol. The minimum atomic E-state index is -1.69. The number of aliphatic hydroxyl groups is 1. The fraction of sp³-hybridized carbons (Fsp3) is 0.231. The molecule has 0 saturated heterocycles. The van der Waals surface area contributed by atoms with Crippen molar-refractivity contribution in [3.8, 4) is 16.9 Å². The number of carbonyl (C=O) groups excluding carboxylic acids is 4. The zero-order valence-corrected chi connectivity index (χ0v) is 20.6. The molecule has 2 aromatic carbocycles. The van der Waals surface area contributed by atoms with E-state index in [1.165, 1.54) is 11.3 Å². The normalized spacial score (nSPS) is 13.2. The molecule has 0 spiro atoms. The molecule has 11 heteroatoms. The van der Waals surface area contributed by atoms with Gasteiger partial charge in [-0.1, -0.05) is 42.5 Å². The van der Waals surface area contributed by atoms with E-state index in [0.717, 1.165) is 21.6 Å². The van der Waals surface area contributed by atoms with Crippen LogP contribution in [0.1, 0.15) is 16.9 Å². The molecule has 0 bridgehead atoms. The van der Waals surface area contributed by atoms with Crippen molar-refractivity contribution in [1.82, 2.24) is 10.6 Å². The molecule has 3 aromatic rings. The molecule has 3 atom stereocenters. The van der Waals surface area contributed by atoms with Gasteiger partial charge in [-0.05, 0) is 40.3 Å². The number of phenolic OH excluding ortho intramolecular Hbond substituents is 1. The third-order valence-electron chi connectivity index (χ3n) is 5.58. The molecule has 0 saturated carbocycles. The standard InChI is InChI=1S/C26H28N4O6S/c27-24(34)20(11-15-6-8-16(9-7-15)17-3-1-4-18(31)12-17)30-26(36)21(13-19-5-2-10-37-19)29-23(33)14-22(32)25(28)35/h1-10,12,20-22,31-32H,11,13-14H2,(H2,27,34)(H2,28,35)(H,29,33)(H,30,36)/t20-,21+,22+/m0/s1. The molecule has 0 aliphatic carbocycles. The van der Waals surface area contributed by atoms with E-state index in [1.807, 2.05) is 23.6 Å². The summed E-state index contributed by atoms with van der Waals surface area (Å²) in [7, 11) is 0. The second-order valence-electron chi connectivity index (χ2n) is 8.44. The molecule has 0 aliphatic rings. The third kappa shape index (κ3) is 8.16. The summed E-state index contributed by atoms with van der Waals surface area (Å²) >= 11 is 1.38. The maximum atomic E-state index is 13.1. The first-order valence-corrected chi connectivity index (χ1v) is 12.3. The highest BCUT2D eigenvalue weighted by Crippen LogP contribution is 2.23. The molecular weight excluding hydrogens is 496 g/mol. The Morgan fingerprint density at radius 2 is 1.57 bits per heavy atom. The molecule has 0 radical (unpaired) electrons. The van der Waals surface area contributed by atoms with E-state index in [-0.39, 0.29) is 18.6 Å². The van der Waals surface area contributed by atoms with Gasteiger partial charge in [0.25, 0.3) is 0 Å². The number of aliphatic hydroxyl groups excluding tert-OH is 1. The van der Waals surface area contributed by atoms with Crippen molar-refractivity contribution in [2.45, 2.75) is 37.5 Å². The average molecular weight is 525 g/mol. The van der Waals surface area contributed by atoms with Crippen LogP contribution in [0.2, 0.25) is 0 Å². The van der Waals surface area contributed by atoms with Crippen molar-refractivity contribution in [1.29, 1.82) is 0 Å². The number of nitrogens with two attached hydrogens (primary N) is 2. The second-order valence-corrected chi connectivity index (χ2v) is 9.47. The van der Waals surface area contributed by atoms with Crippen LogP contribution in [0, 0.1) is 0 Å². The quantitative estimate of drug-likeness (QED) is 0.201. The van der Waals surface area contributed by atoms with Gasteiger partial charge in [0.2, 0.25) is 23.6 Å². The number of nitrogens with one attached hydrogen (secondary N) is 2. The zero-order chi connectivity index (χ0) is 26.9. The lowest BCUT2D eigenvalue weighted by atomic mass is 10.00. The van der Waals surface area contributed by atoms with Gasteiger partial charge in [-0.25, -0.2) is 0 Å². The SMILES string of the molecule is NC(=O)[C@H](O)CC(=O)N[C@H](Cc1cccs1)C(=O)N[C@@H](Cc1ccc(-c2cccc(O)c2)cc1)C(N)=O. The van der Waals surface area contributed by atoms with Crippen molar-refractivity contribution in [2.75, 3.05) is 0 Å². The van der Waals surface area contributed by atoms with Crippen LogP contribution < -0.4 is 22.1 Å². The minimum Gasteiger partial charge on any atom is -0.508 e. The molecule has 10 nitrogen and oxygen atoms in total. The lowest BCUT2D eigenvalue weighted by molar-refractivity contribution is -0.134. The zero-order valence-electron chi connectivity index (χ0n) is 19.8. The van der Waals surface area contributed by atoms with Crippen LogP contribution in [0.15, 0.2) is 66.0 Å². The van der Waals surface area contributed by atoms with Gasteiger partial charge < -0.3 is 32.3 Å². The largest absolute Gasteiger partial charge is 0.508 e. The van der Waals surface area contributed by atoms with Crippen LogP contribution in [0.5, 0.6) is 5.75 Å². The topological polar surface area (TPSA) is 185 Å². The maximum Gasteiger partial charge on any atom is 0.246 e. The summed E-state index contributed by atoms with van der Waals surface area (Å²) in [5.41, 5.74) is 13.0. The van der Waals surface area contributed by atoms with E-state index in [1.54, 1.807) is 42.5 Å². The van der Waals surface area contributed by atoms with E-state index >= 15 is 0 Å². The Kier molecular flexibility index (Phi) is 9.36. The van der Waals surface area contributed by atoms with E-state index < -0.39 is 48.2 Å². The number of hydrogen-bond donors (Lipinski definition) is 6. The molecule has 4 amide bonds. The van der Waals surface area contributed by atoms with Gasteiger partial charge in [-0.3, -0.25) is 19.2 Å². The fourth-order valence-electron chi connectivity index (χ4n) is 3.62. The van der Waals surface area contributed by atoms with Gasteiger partial charge in [0.1, 0.15) is 23.9 Å². The van der Waals surface area contributed by atoms with Crippen molar-refractivity contribution < 1.29 is 29.4 Å². The van der Waals surface area contributed by atoms with Crippen molar-refractivity contribution >= 4 is 35.0 Å². The highest BCUT2D eigenvalue weighted by Gasteiger charge is 2.27. The molecule has 0 aliphatic heterocycles. The molecule has 1 aromatic heterocycles. The summed E-state index contributed by atoms with van der Waals surface area (Å²) in [6.45, 7) is 0. The Balaban J connectivity index is 1.70. The molecule has 0 fully saturated rings. The van der Waals surface area contributed by atoms with Gasteiger partial charge in [0.05, 0.1) is 6.42 Å². The van der Waals surface area contributed by atoms with E-state index in [0.29, 0.717) is 0 Å². The van der Waals surface area contributed by atoms with Gasteiger partial charge >= 0.3 is 0 Å². The molecular formula is C26H28N4O6S. The number of thiophene rings is 1. The molecule has 3 rings (SSSR count). The van der Waals surface area contributed by atoms with Gasteiger partial charge in [-0.15, -0.1) is 11.3 Å². The number of aromatic hydroxyl groups is 1. The van der Waals surface area contributed by atoms with Gasteiger partial charge in [-0.2, -0.15) is 0 Å². The molecule has 37 heavy (non-hydrogen) atoms. The van der Waals surface area contributed by atoms with Crippen molar-refractivity contribution in [3.05, 3.63) is 76.5 Å². The number of benzene rings is 2. The Bertz CT molecular complexity index is 1250. The maximum absolute atomic E-state index is 13.1. The number of hydrogen-bond acceptors (Lipinski definition) is 7. The van der Waals surface area contributed by atoms with Crippen LogP contribution in [0.4, 0.5) is 0 Å². The molecule has 8 N–H and O–H groups in total. The number of amides is 4. The third-order valence-corrected chi connectivity index (χ3v) is 6.48. The smallest absolute Gasteiger partial charge is 0.246 e. The van der Waals surface area contributed by atoms with Crippen LogP contribution in [-0.2, 0) is 32.0 Å².